The predicted octanol–water partition coefficient (Wildman–Crippen LogP) is 4.86. The molecule has 27 heavy (non-hydrogen) atoms. The standard InChI is InChI=1S/C20H16ClF2N3O/c1-10-14(15-8-12(21)9-16(23)19(15)25-10)4-5-24-20(27)18-7-11-6-13(22)2-3-17(11)26-18/h2-3,6-9,25-26H,4-5H2,1H3,(H,24,27). The average Bonchev–Trinajstić information content (AvgIpc) is 3.16. The van der Waals surface area contributed by atoms with E-state index in [1.807, 2.05) is 6.92 Å². The number of benzene rings is 2. The summed E-state index contributed by atoms with van der Waals surface area (Å²) in [6, 6.07) is 8.90. The van der Waals surface area contributed by atoms with E-state index in [1.165, 1.54) is 18.2 Å². The van der Waals surface area contributed by atoms with Gasteiger partial charge in [0.2, 0.25) is 0 Å². The summed E-state index contributed by atoms with van der Waals surface area (Å²) < 4.78 is 27.3. The third kappa shape index (κ3) is 3.28. The molecule has 0 atom stereocenters. The highest BCUT2D eigenvalue weighted by atomic mass is 35.5. The van der Waals surface area contributed by atoms with Crippen LogP contribution in [0.15, 0.2) is 36.4 Å². The molecule has 0 aliphatic heterocycles. The van der Waals surface area contributed by atoms with E-state index in [1.54, 1.807) is 18.2 Å². The van der Waals surface area contributed by atoms with Gasteiger partial charge in [0.25, 0.3) is 5.91 Å². The SMILES string of the molecule is Cc1[nH]c2c(F)cc(Cl)cc2c1CCNC(=O)c1cc2cc(F)ccc2[nH]1. The van der Waals surface area contributed by atoms with Gasteiger partial charge in [-0.1, -0.05) is 11.6 Å². The topological polar surface area (TPSA) is 60.7 Å². The van der Waals surface area contributed by atoms with Crippen LogP contribution in [0.25, 0.3) is 21.8 Å². The lowest BCUT2D eigenvalue weighted by Crippen LogP contribution is -2.26. The van der Waals surface area contributed by atoms with Crippen molar-refractivity contribution in [3.05, 3.63) is 70.0 Å². The maximum atomic E-state index is 14.0. The fourth-order valence-electron chi connectivity index (χ4n) is 3.35. The predicted molar refractivity (Wildman–Crippen MR) is 102 cm³/mol. The molecule has 0 saturated heterocycles. The third-order valence-corrected chi connectivity index (χ3v) is 4.85. The minimum atomic E-state index is -0.402. The van der Waals surface area contributed by atoms with Gasteiger partial charge in [-0.2, -0.15) is 0 Å². The number of rotatable bonds is 4. The number of nitrogens with one attached hydrogen (secondary N) is 3. The summed E-state index contributed by atoms with van der Waals surface area (Å²) in [4.78, 5) is 18.4. The first kappa shape index (κ1) is 17.5. The summed E-state index contributed by atoms with van der Waals surface area (Å²) in [5, 5.41) is 4.51. The van der Waals surface area contributed by atoms with E-state index in [9.17, 15) is 13.6 Å². The molecule has 0 bridgehead atoms. The minimum Gasteiger partial charge on any atom is -0.356 e. The van der Waals surface area contributed by atoms with E-state index in [0.29, 0.717) is 45.5 Å². The van der Waals surface area contributed by atoms with Gasteiger partial charge < -0.3 is 15.3 Å². The Morgan fingerprint density at radius 3 is 2.78 bits per heavy atom. The van der Waals surface area contributed by atoms with Crippen LogP contribution in [0, 0.1) is 18.6 Å². The first-order chi connectivity index (χ1) is 12.9. The number of carbonyl (C=O) groups is 1. The van der Waals surface area contributed by atoms with Crippen LogP contribution < -0.4 is 5.32 Å². The van der Waals surface area contributed by atoms with Crippen LogP contribution in [-0.2, 0) is 6.42 Å². The van der Waals surface area contributed by atoms with Crippen molar-refractivity contribution < 1.29 is 13.6 Å². The summed E-state index contributed by atoms with van der Waals surface area (Å²) in [6.45, 7) is 2.22. The number of carbonyl (C=O) groups excluding carboxylic acids is 1. The molecule has 0 spiro atoms. The Kier molecular flexibility index (Phi) is 4.36. The highest BCUT2D eigenvalue weighted by Crippen LogP contribution is 2.28. The lowest BCUT2D eigenvalue weighted by atomic mass is 10.1. The second kappa shape index (κ2) is 6.70. The molecule has 4 aromatic rings. The minimum absolute atomic E-state index is 0.284. The maximum Gasteiger partial charge on any atom is 0.267 e. The Bertz CT molecular complexity index is 1180. The summed E-state index contributed by atoms with van der Waals surface area (Å²) in [7, 11) is 0. The Labute approximate surface area is 158 Å². The van der Waals surface area contributed by atoms with E-state index in [2.05, 4.69) is 15.3 Å². The van der Waals surface area contributed by atoms with Gasteiger partial charge in [0, 0.05) is 33.6 Å². The quantitative estimate of drug-likeness (QED) is 0.460. The van der Waals surface area contributed by atoms with Crippen LogP contribution in [0.2, 0.25) is 5.02 Å². The Morgan fingerprint density at radius 2 is 1.96 bits per heavy atom. The molecule has 0 fully saturated rings. The molecule has 4 nitrogen and oxygen atoms in total. The molecule has 0 saturated carbocycles. The van der Waals surface area contributed by atoms with Crippen molar-refractivity contribution in [2.24, 2.45) is 0 Å². The normalized spacial score (nSPS) is 11.4. The number of aromatic nitrogens is 2. The third-order valence-electron chi connectivity index (χ3n) is 4.63. The smallest absolute Gasteiger partial charge is 0.267 e. The first-order valence-electron chi connectivity index (χ1n) is 8.45. The molecule has 1 amide bonds. The molecule has 0 unspecified atom stereocenters. The number of fused-ring (bicyclic) bond motifs is 2. The summed E-state index contributed by atoms with van der Waals surface area (Å²) in [5.74, 6) is -1.04. The van der Waals surface area contributed by atoms with Gasteiger partial charge in [-0.05, 0) is 55.3 Å². The zero-order chi connectivity index (χ0) is 19.1. The fourth-order valence-corrected chi connectivity index (χ4v) is 3.55. The van der Waals surface area contributed by atoms with Crippen LogP contribution in [-0.4, -0.2) is 22.4 Å². The van der Waals surface area contributed by atoms with Crippen molar-refractivity contribution in [3.8, 4) is 0 Å². The van der Waals surface area contributed by atoms with Crippen molar-refractivity contribution in [1.82, 2.24) is 15.3 Å². The second-order valence-corrected chi connectivity index (χ2v) is 6.90. The van der Waals surface area contributed by atoms with Crippen LogP contribution in [0.5, 0.6) is 0 Å². The Morgan fingerprint density at radius 1 is 1.15 bits per heavy atom. The van der Waals surface area contributed by atoms with Crippen LogP contribution in [0.3, 0.4) is 0 Å². The van der Waals surface area contributed by atoms with Crippen molar-refractivity contribution >= 4 is 39.3 Å². The number of halogens is 3. The number of amides is 1. The van der Waals surface area contributed by atoms with Gasteiger partial charge in [0.05, 0.1) is 5.52 Å². The van der Waals surface area contributed by atoms with E-state index in [4.69, 9.17) is 11.6 Å². The van der Waals surface area contributed by atoms with Crippen molar-refractivity contribution in [3.63, 3.8) is 0 Å². The molecule has 0 aliphatic rings. The van der Waals surface area contributed by atoms with Crippen LogP contribution in [0.4, 0.5) is 8.78 Å². The molecule has 2 heterocycles. The molecule has 2 aromatic carbocycles. The average molecular weight is 388 g/mol. The van der Waals surface area contributed by atoms with Gasteiger partial charge >= 0.3 is 0 Å². The van der Waals surface area contributed by atoms with Gasteiger partial charge in [-0.15, -0.1) is 0 Å². The Balaban J connectivity index is 1.50. The number of hydrogen-bond donors (Lipinski definition) is 3. The number of hydrogen-bond acceptors (Lipinski definition) is 1. The molecular weight excluding hydrogens is 372 g/mol. The van der Waals surface area contributed by atoms with Gasteiger partial charge in [0.15, 0.2) is 0 Å². The van der Waals surface area contributed by atoms with Crippen LogP contribution >= 0.6 is 11.6 Å². The molecule has 2 aromatic heterocycles. The van der Waals surface area contributed by atoms with Gasteiger partial charge in [-0.25, -0.2) is 8.78 Å². The second-order valence-electron chi connectivity index (χ2n) is 6.46. The first-order valence-corrected chi connectivity index (χ1v) is 8.83. The molecule has 4 rings (SSSR count). The van der Waals surface area contributed by atoms with E-state index in [-0.39, 0.29) is 11.7 Å². The van der Waals surface area contributed by atoms with Crippen LogP contribution in [0.1, 0.15) is 21.7 Å². The Hall–Kier alpha value is -2.86. The molecule has 3 N–H and O–H groups in total. The fraction of sp³-hybridized carbons (Fsp3) is 0.150. The molecule has 7 heteroatoms. The van der Waals surface area contributed by atoms with Gasteiger partial charge in [-0.3, -0.25) is 4.79 Å². The zero-order valence-corrected chi connectivity index (χ0v) is 15.2. The largest absolute Gasteiger partial charge is 0.356 e. The van der Waals surface area contributed by atoms with E-state index in [0.717, 1.165) is 11.3 Å². The summed E-state index contributed by atoms with van der Waals surface area (Å²) >= 11 is 5.97. The van der Waals surface area contributed by atoms with E-state index >= 15 is 0 Å². The van der Waals surface area contributed by atoms with Crippen molar-refractivity contribution in [1.29, 1.82) is 0 Å². The number of H-pyrrole nitrogens is 2. The van der Waals surface area contributed by atoms with Crippen molar-refractivity contribution in [2.45, 2.75) is 13.3 Å². The summed E-state index contributed by atoms with van der Waals surface area (Å²) in [5.41, 5.74) is 3.21. The van der Waals surface area contributed by atoms with Crippen molar-refractivity contribution in [2.75, 3.05) is 6.54 Å². The highest BCUT2D eigenvalue weighted by molar-refractivity contribution is 6.31. The molecule has 0 aliphatic carbocycles. The van der Waals surface area contributed by atoms with Gasteiger partial charge in [0.1, 0.15) is 17.3 Å². The van der Waals surface area contributed by atoms with E-state index < -0.39 is 5.82 Å². The lowest BCUT2D eigenvalue weighted by Gasteiger charge is -2.05. The molecule has 0 radical (unpaired) electrons. The highest BCUT2D eigenvalue weighted by Gasteiger charge is 2.14. The zero-order valence-electron chi connectivity index (χ0n) is 14.4. The number of aromatic amines is 2. The maximum absolute atomic E-state index is 14.0. The lowest BCUT2D eigenvalue weighted by molar-refractivity contribution is 0.0950. The number of aryl methyl sites for hydroxylation is 1. The monoisotopic (exact) mass is 387 g/mol. The summed E-state index contributed by atoms with van der Waals surface area (Å²) in [6.07, 6.45) is 0.520. The molecule has 138 valence electrons. The molecular formula is C20H16ClF2N3O.